The zero-order chi connectivity index (χ0) is 29.5. The summed E-state index contributed by atoms with van der Waals surface area (Å²) in [6.07, 6.45) is 0.661. The highest BCUT2D eigenvalue weighted by Gasteiger charge is 2.27. The van der Waals surface area contributed by atoms with Crippen molar-refractivity contribution in [2.75, 3.05) is 19.8 Å². The third-order valence-corrected chi connectivity index (χ3v) is 5.03. The highest BCUT2D eigenvalue weighted by Crippen LogP contribution is 2.19. The lowest BCUT2D eigenvalue weighted by Crippen LogP contribution is -2.21. The molecule has 0 unspecified atom stereocenters. The van der Waals surface area contributed by atoms with E-state index < -0.39 is 52.5 Å². The number of aliphatic hydroxyl groups excluding tert-OH is 3. The summed E-state index contributed by atoms with van der Waals surface area (Å²) in [4.78, 5) is 74.5. The van der Waals surface area contributed by atoms with Crippen LogP contribution in [0.4, 0.5) is 0 Å². The van der Waals surface area contributed by atoms with Crippen molar-refractivity contribution >= 4 is 35.8 Å². The first-order valence-corrected chi connectivity index (χ1v) is 11.8. The topological polar surface area (TPSA) is 191 Å². The number of hydrogen-bond acceptors (Lipinski definition) is 12. The van der Waals surface area contributed by atoms with Gasteiger partial charge in [-0.15, -0.1) is 0 Å². The highest BCUT2D eigenvalue weighted by atomic mass is 16.6. The molecule has 12 heteroatoms. The van der Waals surface area contributed by atoms with Gasteiger partial charge in [-0.25, -0.2) is 28.8 Å². The minimum Gasteiger partial charge on any atom is -0.396 e. The molecule has 0 amide bonds. The molecular formula is C27H30O12. The Morgan fingerprint density at radius 1 is 0.564 bits per heavy atom. The molecular weight excluding hydrogens is 516 g/mol. The van der Waals surface area contributed by atoms with Gasteiger partial charge in [0.15, 0.2) is 0 Å². The zero-order valence-corrected chi connectivity index (χ0v) is 21.2. The smallest absolute Gasteiger partial charge is 0.346 e. The molecule has 0 aromatic heterocycles. The minimum absolute atomic E-state index is 0.0105. The average molecular weight is 547 g/mol. The van der Waals surface area contributed by atoms with Gasteiger partial charge in [0.1, 0.15) is 0 Å². The van der Waals surface area contributed by atoms with E-state index in [1.54, 1.807) is 0 Å². The summed E-state index contributed by atoms with van der Waals surface area (Å²) in [5, 5.41) is 26.6. The third-order valence-electron chi connectivity index (χ3n) is 5.03. The number of carbonyl (C=O) groups is 6. The van der Waals surface area contributed by atoms with Crippen LogP contribution in [0.1, 0.15) is 69.6 Å². The van der Waals surface area contributed by atoms with Crippen LogP contribution >= 0.6 is 0 Å². The Bertz CT molecular complexity index is 1160. The molecule has 0 bridgehead atoms. The monoisotopic (exact) mass is 546 g/mol. The van der Waals surface area contributed by atoms with Crippen LogP contribution in [0.5, 0.6) is 0 Å². The van der Waals surface area contributed by atoms with E-state index in [9.17, 15) is 28.8 Å². The van der Waals surface area contributed by atoms with Crippen LogP contribution in [0.15, 0.2) is 54.7 Å². The first-order chi connectivity index (χ1) is 18.5. The number of carbonyl (C=O) groups excluding carboxylic acids is 6. The Hall–Kier alpha value is -4.26. The molecule has 12 nitrogen and oxygen atoms in total. The lowest BCUT2D eigenvalue weighted by atomic mass is 10.0. The second kappa shape index (κ2) is 16.6. The van der Waals surface area contributed by atoms with Gasteiger partial charge in [-0.2, -0.15) is 0 Å². The summed E-state index contributed by atoms with van der Waals surface area (Å²) in [7, 11) is 0. The predicted octanol–water partition coefficient (Wildman–Crippen LogP) is 1.72. The van der Waals surface area contributed by atoms with Crippen LogP contribution in [-0.2, 0) is 28.6 Å². The summed E-state index contributed by atoms with van der Waals surface area (Å²) >= 11 is 0. The third kappa shape index (κ3) is 10.6. The van der Waals surface area contributed by atoms with E-state index in [-0.39, 0.29) is 75.1 Å². The molecule has 0 spiro atoms. The Kier molecular flexibility index (Phi) is 13.9. The Labute approximate surface area is 224 Å². The maximum Gasteiger partial charge on any atom is 0.346 e. The fraction of sp³-hybridized carbons (Fsp3) is 0.333. The average Bonchev–Trinajstić information content (AvgIpc) is 2.92. The number of rotatable bonds is 15. The molecule has 0 atom stereocenters. The van der Waals surface area contributed by atoms with Gasteiger partial charge in [0.05, 0.1) is 16.7 Å². The van der Waals surface area contributed by atoms with E-state index in [4.69, 9.17) is 29.5 Å². The summed E-state index contributed by atoms with van der Waals surface area (Å²) in [6, 6.07) is 2.74. The summed E-state index contributed by atoms with van der Waals surface area (Å²) < 4.78 is 14.2. The predicted molar refractivity (Wildman–Crippen MR) is 134 cm³/mol. The van der Waals surface area contributed by atoms with Gasteiger partial charge >= 0.3 is 35.8 Å². The largest absolute Gasteiger partial charge is 0.396 e. The van der Waals surface area contributed by atoms with E-state index in [2.05, 4.69) is 19.7 Å². The quantitative estimate of drug-likeness (QED) is 0.125. The molecule has 0 radical (unpaired) electrons. The van der Waals surface area contributed by atoms with Crippen LogP contribution in [0.25, 0.3) is 0 Å². The lowest BCUT2D eigenvalue weighted by Gasteiger charge is -2.11. The van der Waals surface area contributed by atoms with Crippen LogP contribution in [0, 0.1) is 0 Å². The molecule has 0 aliphatic rings. The molecule has 39 heavy (non-hydrogen) atoms. The second-order valence-electron chi connectivity index (χ2n) is 8.08. The van der Waals surface area contributed by atoms with Gasteiger partial charge < -0.3 is 29.5 Å². The number of aliphatic hydroxyl groups is 3. The van der Waals surface area contributed by atoms with E-state index in [1.807, 2.05) is 0 Å². The number of hydrogen-bond donors (Lipinski definition) is 3. The molecule has 1 aromatic rings. The van der Waals surface area contributed by atoms with Gasteiger partial charge in [-0.05, 0) is 56.7 Å². The normalized spacial score (nSPS) is 10.2. The zero-order valence-electron chi connectivity index (χ0n) is 21.2. The van der Waals surface area contributed by atoms with Crippen LogP contribution in [0.3, 0.4) is 0 Å². The van der Waals surface area contributed by atoms with Gasteiger partial charge in [-0.1, -0.05) is 19.7 Å². The summed E-state index contributed by atoms with van der Waals surface area (Å²) in [5.74, 6) is -7.34. The van der Waals surface area contributed by atoms with Crippen molar-refractivity contribution in [2.45, 2.75) is 38.5 Å². The van der Waals surface area contributed by atoms with Crippen LogP contribution < -0.4 is 0 Å². The Balaban J connectivity index is 3.28. The molecule has 1 aromatic carbocycles. The molecule has 0 fully saturated rings. The van der Waals surface area contributed by atoms with E-state index >= 15 is 0 Å². The van der Waals surface area contributed by atoms with Gasteiger partial charge in [0.25, 0.3) is 0 Å². The maximum atomic E-state index is 12.8. The fourth-order valence-electron chi connectivity index (χ4n) is 2.84. The first kappa shape index (κ1) is 32.8. The molecule has 0 saturated carbocycles. The summed E-state index contributed by atoms with van der Waals surface area (Å²) in [6.45, 7) is 9.69. The molecule has 1 rings (SSSR count). The molecule has 3 N–H and O–H groups in total. The van der Waals surface area contributed by atoms with Crippen molar-refractivity contribution in [3.63, 3.8) is 0 Å². The van der Waals surface area contributed by atoms with Crippen molar-refractivity contribution in [2.24, 2.45) is 0 Å². The Morgan fingerprint density at radius 3 is 1.31 bits per heavy atom. The van der Waals surface area contributed by atoms with Crippen molar-refractivity contribution in [1.29, 1.82) is 0 Å². The molecule has 210 valence electrons. The number of ether oxygens (including phenoxy) is 3. The Morgan fingerprint density at radius 2 is 0.923 bits per heavy atom. The standard InChI is InChI=1S/C27H30O12/c1-16(7-4-12-28)22(31)37-25(34)19-10-11-20(26(35)38-23(32)17(2)8-5-13-29)21(15-19)27(36)39-24(33)18(3)9-6-14-30/h10-11,15,28-30H,1-9,12-14H2. The van der Waals surface area contributed by atoms with Crippen LogP contribution in [0.2, 0.25) is 0 Å². The van der Waals surface area contributed by atoms with Crippen molar-refractivity contribution in [3.8, 4) is 0 Å². The second-order valence-corrected chi connectivity index (χ2v) is 8.08. The van der Waals surface area contributed by atoms with Crippen molar-refractivity contribution in [3.05, 3.63) is 71.3 Å². The van der Waals surface area contributed by atoms with Gasteiger partial charge in [0, 0.05) is 36.5 Å². The van der Waals surface area contributed by atoms with Crippen molar-refractivity contribution in [1.82, 2.24) is 0 Å². The number of esters is 6. The SMILES string of the molecule is C=C(CCCO)C(=O)OC(=O)c1ccc(C(=O)OC(=O)C(=C)CCCO)c(C(=O)OC(=O)C(=C)CCCO)c1. The van der Waals surface area contributed by atoms with E-state index in [1.165, 1.54) is 0 Å². The van der Waals surface area contributed by atoms with Gasteiger partial charge in [-0.3, -0.25) is 0 Å². The minimum atomic E-state index is -1.41. The van der Waals surface area contributed by atoms with E-state index in [0.29, 0.717) is 0 Å². The number of benzene rings is 1. The van der Waals surface area contributed by atoms with Crippen LogP contribution in [-0.4, -0.2) is 71.0 Å². The lowest BCUT2D eigenvalue weighted by molar-refractivity contribution is -0.135. The van der Waals surface area contributed by atoms with Gasteiger partial charge in [0.2, 0.25) is 0 Å². The molecule has 0 saturated heterocycles. The fourth-order valence-corrected chi connectivity index (χ4v) is 2.84. The molecule has 0 aliphatic carbocycles. The first-order valence-electron chi connectivity index (χ1n) is 11.8. The molecule has 0 aliphatic heterocycles. The molecule has 0 heterocycles. The summed E-state index contributed by atoms with van der Waals surface area (Å²) in [5.41, 5.74) is -2.00. The van der Waals surface area contributed by atoms with Crippen molar-refractivity contribution < 1.29 is 58.3 Å². The highest BCUT2D eigenvalue weighted by molar-refractivity contribution is 6.12. The maximum absolute atomic E-state index is 12.8. The van der Waals surface area contributed by atoms with E-state index in [0.717, 1.165) is 18.2 Å².